The number of hydrogen-bond donors (Lipinski definition) is 3. The molecule has 0 unspecified atom stereocenters. The van der Waals surface area contributed by atoms with Gasteiger partial charge >= 0.3 is 11.6 Å². The van der Waals surface area contributed by atoms with Gasteiger partial charge in [0.05, 0.1) is 48.7 Å². The van der Waals surface area contributed by atoms with Crippen LogP contribution in [0, 0.1) is 11.8 Å². The third kappa shape index (κ3) is 8.69. The van der Waals surface area contributed by atoms with E-state index in [-0.39, 0.29) is 54.3 Å². The van der Waals surface area contributed by atoms with E-state index in [1.165, 1.54) is 35.7 Å². The second kappa shape index (κ2) is 13.8. The number of thioether (sulfide) groups is 1. The number of benzene rings is 1. The van der Waals surface area contributed by atoms with Crippen molar-refractivity contribution in [2.75, 3.05) is 44.4 Å². The fraction of sp³-hybridized carbons (Fsp3) is 0.419. The first kappa shape index (κ1) is 33.6. The van der Waals surface area contributed by atoms with Gasteiger partial charge in [-0.05, 0) is 63.6 Å². The number of amides is 2. The average molecular weight is 650 g/mol. The molecule has 1 aromatic carbocycles. The number of anilines is 2. The van der Waals surface area contributed by atoms with Gasteiger partial charge in [0.2, 0.25) is 0 Å². The number of pyridine rings is 1. The van der Waals surface area contributed by atoms with Crippen molar-refractivity contribution in [3.05, 3.63) is 53.7 Å². The van der Waals surface area contributed by atoms with Gasteiger partial charge in [0.1, 0.15) is 22.5 Å². The highest BCUT2D eigenvalue weighted by atomic mass is 32.2. The second-order valence-corrected chi connectivity index (χ2v) is 12.3. The van der Waals surface area contributed by atoms with Crippen molar-refractivity contribution >= 4 is 40.7 Å². The van der Waals surface area contributed by atoms with Crippen molar-refractivity contribution in [1.82, 2.24) is 14.6 Å². The lowest BCUT2D eigenvalue weighted by atomic mass is 10.0. The molecule has 2 amide bonds. The van der Waals surface area contributed by atoms with E-state index in [1.807, 2.05) is 0 Å². The molecular formula is C31H35F4N5O4S. The van der Waals surface area contributed by atoms with Gasteiger partial charge in [-0.1, -0.05) is 11.8 Å². The molecule has 3 aromatic rings. The number of hydrogen-bond acceptors (Lipinski definition) is 7. The summed E-state index contributed by atoms with van der Waals surface area (Å²) in [6.45, 7) is 5.32. The number of halogens is 4. The monoisotopic (exact) mass is 649 g/mol. The van der Waals surface area contributed by atoms with Gasteiger partial charge < -0.3 is 34.7 Å². The molecule has 3 heterocycles. The topological polar surface area (TPSA) is 96.3 Å². The van der Waals surface area contributed by atoms with Crippen LogP contribution in [0.5, 0.6) is 5.75 Å². The number of carbonyl (C=O) groups excluding carboxylic acids is 2. The Morgan fingerprint density at radius 3 is 2.53 bits per heavy atom. The normalized spacial score (nSPS) is 16.9. The summed E-state index contributed by atoms with van der Waals surface area (Å²) in [6.07, 6.45) is -0.267. The molecule has 0 bridgehead atoms. The molecule has 0 spiro atoms. The molecule has 1 aliphatic rings. The number of nitrogens with zero attached hydrogens (tertiary/aromatic N) is 2. The van der Waals surface area contributed by atoms with Crippen LogP contribution in [0.2, 0.25) is 0 Å². The summed E-state index contributed by atoms with van der Waals surface area (Å²) in [4.78, 5) is 25.7. The van der Waals surface area contributed by atoms with Crippen molar-refractivity contribution in [2.24, 2.45) is 0 Å². The maximum atomic E-state index is 15.2. The highest BCUT2D eigenvalue weighted by molar-refractivity contribution is 8.00. The summed E-state index contributed by atoms with van der Waals surface area (Å²) < 4.78 is 68.1. The molecule has 4 rings (SSSR count). The van der Waals surface area contributed by atoms with Gasteiger partial charge in [0, 0.05) is 37.1 Å². The van der Waals surface area contributed by atoms with Crippen LogP contribution in [0.3, 0.4) is 0 Å². The van der Waals surface area contributed by atoms with Gasteiger partial charge in [0.25, 0.3) is 5.91 Å². The number of piperidine rings is 1. The lowest BCUT2D eigenvalue weighted by Crippen LogP contribution is -2.51. The van der Waals surface area contributed by atoms with Crippen molar-refractivity contribution in [1.29, 1.82) is 0 Å². The minimum Gasteiger partial charge on any atom is -0.495 e. The number of alkyl halides is 4. The third-order valence-electron chi connectivity index (χ3n) is 6.79. The highest BCUT2D eigenvalue weighted by Crippen LogP contribution is 2.41. The quantitative estimate of drug-likeness (QED) is 0.161. The minimum absolute atomic E-state index is 0.0424. The molecule has 0 radical (unpaired) electrons. The summed E-state index contributed by atoms with van der Waals surface area (Å²) in [5.74, 6) is 5.84. The van der Waals surface area contributed by atoms with E-state index in [0.717, 1.165) is 0 Å². The Morgan fingerprint density at radius 1 is 1.13 bits per heavy atom. The number of aromatic nitrogens is 1. The maximum absolute atomic E-state index is 15.2. The number of ether oxygens (including phenoxy) is 2. The zero-order valence-corrected chi connectivity index (χ0v) is 26.3. The van der Waals surface area contributed by atoms with Gasteiger partial charge in [-0.25, -0.2) is 9.18 Å². The summed E-state index contributed by atoms with van der Waals surface area (Å²) in [7, 11) is 2.98. The predicted octanol–water partition coefficient (Wildman–Crippen LogP) is 6.14. The number of carbonyl (C=O) groups is 2. The maximum Gasteiger partial charge on any atom is 0.447 e. The van der Waals surface area contributed by atoms with Crippen LogP contribution in [0.1, 0.15) is 43.1 Å². The van der Waals surface area contributed by atoms with Gasteiger partial charge in [-0.3, -0.25) is 4.79 Å². The lowest BCUT2D eigenvalue weighted by Gasteiger charge is -2.36. The Kier molecular flexibility index (Phi) is 10.3. The summed E-state index contributed by atoms with van der Waals surface area (Å²) in [5.41, 5.74) is -3.46. The van der Waals surface area contributed by atoms with Crippen molar-refractivity contribution in [3.63, 3.8) is 0 Å². The van der Waals surface area contributed by atoms with E-state index < -0.39 is 29.4 Å². The highest BCUT2D eigenvalue weighted by Gasteiger charge is 2.35. The number of methoxy groups -OCH3 is 1. The fourth-order valence-corrected chi connectivity index (χ4v) is 5.47. The lowest BCUT2D eigenvalue weighted by molar-refractivity contribution is -0.0330. The Bertz CT molecular complexity index is 1610. The van der Waals surface area contributed by atoms with E-state index in [1.54, 1.807) is 51.1 Å². The number of likely N-dealkylation sites (tertiary alicyclic amines) is 1. The summed E-state index contributed by atoms with van der Waals surface area (Å²) in [6, 6.07) is 8.89. The molecule has 0 aliphatic carbocycles. The molecule has 3 N–H and O–H groups in total. The van der Waals surface area contributed by atoms with Crippen LogP contribution >= 0.6 is 11.8 Å². The predicted molar refractivity (Wildman–Crippen MR) is 166 cm³/mol. The Hall–Kier alpha value is -4.25. The van der Waals surface area contributed by atoms with Crippen LogP contribution < -0.4 is 20.7 Å². The van der Waals surface area contributed by atoms with Crippen LogP contribution in [0.4, 0.5) is 33.7 Å². The molecule has 1 saturated heterocycles. The molecule has 0 saturated carbocycles. The first-order valence-electron chi connectivity index (χ1n) is 14.1. The Balaban J connectivity index is 1.56. The summed E-state index contributed by atoms with van der Waals surface area (Å²) >= 11 is -0.289. The first-order valence-corrected chi connectivity index (χ1v) is 14.9. The van der Waals surface area contributed by atoms with Crippen LogP contribution in [-0.2, 0) is 4.74 Å². The molecule has 14 heteroatoms. The van der Waals surface area contributed by atoms with E-state index in [4.69, 9.17) is 9.47 Å². The zero-order chi connectivity index (χ0) is 32.9. The molecule has 9 nitrogen and oxygen atoms in total. The van der Waals surface area contributed by atoms with Crippen molar-refractivity contribution < 1.29 is 36.6 Å². The SMILES string of the molecule is CNC(=O)c1ccc(OC)c(NCC#Cc2cc3c(N[C@@H]4CCN(C(=O)OC(C)(C)C)C[C@@H]4F)cccn3c2SC(F)(F)F)c1. The smallest absolute Gasteiger partial charge is 0.447 e. The standard InChI is InChI=1S/C31H35F4N5O4S/c1-30(2,3)44-29(42)39-15-12-22(21(32)18-39)38-23-9-7-14-40-25(23)17-20(28(40)45-31(33,34)35)8-6-13-37-24-16-19(27(41)36-4)10-11-26(24)43-5/h7,9-11,14,16-17,21-22,37-38H,12-13,15,18H2,1-5H3,(H,36,41)/t21-,22+/m0/s1. The van der Waals surface area contributed by atoms with E-state index >= 15 is 4.39 Å². The van der Waals surface area contributed by atoms with Gasteiger partial charge in [-0.15, -0.1) is 0 Å². The van der Waals surface area contributed by atoms with Crippen LogP contribution in [-0.4, -0.2) is 78.4 Å². The third-order valence-corrected chi connectivity index (χ3v) is 7.63. The van der Waals surface area contributed by atoms with Crippen molar-refractivity contribution in [3.8, 4) is 17.6 Å². The zero-order valence-electron chi connectivity index (χ0n) is 25.5. The van der Waals surface area contributed by atoms with Crippen LogP contribution in [0.25, 0.3) is 5.52 Å². The molecule has 2 atom stereocenters. The average Bonchev–Trinajstić information content (AvgIpc) is 3.31. The number of fused-ring (bicyclic) bond motifs is 1. The number of nitrogens with one attached hydrogen (secondary N) is 3. The largest absolute Gasteiger partial charge is 0.495 e. The fourth-order valence-electron chi connectivity index (χ4n) is 4.77. The summed E-state index contributed by atoms with van der Waals surface area (Å²) in [5, 5.41) is 8.58. The molecule has 45 heavy (non-hydrogen) atoms. The Labute approximate surface area is 263 Å². The molecule has 1 fully saturated rings. The van der Waals surface area contributed by atoms with Crippen LogP contribution in [0.15, 0.2) is 47.6 Å². The number of rotatable bonds is 7. The van der Waals surface area contributed by atoms with Crippen molar-refractivity contribution in [2.45, 2.75) is 55.5 Å². The van der Waals surface area contributed by atoms with E-state index in [0.29, 0.717) is 28.2 Å². The second-order valence-electron chi connectivity index (χ2n) is 11.2. The Morgan fingerprint density at radius 2 is 1.89 bits per heavy atom. The minimum atomic E-state index is -4.58. The first-order chi connectivity index (χ1) is 21.2. The molecule has 242 valence electrons. The molecule has 2 aromatic heterocycles. The van der Waals surface area contributed by atoms with Gasteiger partial charge in [0.15, 0.2) is 0 Å². The molecular weight excluding hydrogens is 614 g/mol. The van der Waals surface area contributed by atoms with Gasteiger partial charge in [-0.2, -0.15) is 13.2 Å². The van der Waals surface area contributed by atoms with E-state index in [2.05, 4.69) is 27.8 Å². The van der Waals surface area contributed by atoms with E-state index in [9.17, 15) is 22.8 Å². The molecule has 1 aliphatic heterocycles.